The molecule has 5 heteroatoms. The Morgan fingerprint density at radius 1 is 0.767 bits per heavy atom. The molecular formula is C25H29ClNO2P. The highest BCUT2D eigenvalue weighted by Crippen LogP contribution is 2.37. The molecular weight excluding hydrogens is 413 g/mol. The number of ether oxygens (including phenoxy) is 2. The predicted molar refractivity (Wildman–Crippen MR) is 129 cm³/mol. The highest BCUT2D eigenvalue weighted by atomic mass is 35.5. The third-order valence-electron chi connectivity index (χ3n) is 3.99. The number of aromatic nitrogens is 1. The first-order valence-electron chi connectivity index (χ1n) is 10.00. The Labute approximate surface area is 186 Å². The summed E-state index contributed by atoms with van der Waals surface area (Å²) in [6.45, 7) is 12.3. The lowest BCUT2D eigenvalue weighted by Gasteiger charge is -2.25. The van der Waals surface area contributed by atoms with E-state index in [9.17, 15) is 0 Å². The van der Waals surface area contributed by atoms with Crippen LogP contribution in [0.4, 0.5) is 0 Å². The standard InChI is InChI=1S/C25H29ClNO2P/c1-24(2,3)28-18-9-7-11-20(15-18)30(23-13-14-27-17-22(23)26)21-12-8-10-19(16-21)29-25(4,5)6/h7-17H,1-6H3. The first-order valence-corrected chi connectivity index (χ1v) is 11.7. The number of halogens is 1. The van der Waals surface area contributed by atoms with Crippen LogP contribution in [0.5, 0.6) is 11.5 Å². The number of nitrogens with zero attached hydrogens (tertiary/aromatic N) is 1. The average Bonchev–Trinajstić information content (AvgIpc) is 2.61. The van der Waals surface area contributed by atoms with Crippen LogP contribution >= 0.6 is 19.5 Å². The minimum Gasteiger partial charge on any atom is -0.488 e. The van der Waals surface area contributed by atoms with Gasteiger partial charge in [-0.15, -0.1) is 0 Å². The zero-order chi connectivity index (χ0) is 21.9. The summed E-state index contributed by atoms with van der Waals surface area (Å²) >= 11 is 6.60. The molecule has 3 nitrogen and oxygen atoms in total. The van der Waals surface area contributed by atoms with Crippen molar-refractivity contribution < 1.29 is 9.47 Å². The van der Waals surface area contributed by atoms with Gasteiger partial charge in [0.2, 0.25) is 0 Å². The van der Waals surface area contributed by atoms with Gasteiger partial charge in [-0.1, -0.05) is 35.9 Å². The van der Waals surface area contributed by atoms with E-state index in [1.54, 1.807) is 12.4 Å². The molecule has 158 valence electrons. The summed E-state index contributed by atoms with van der Waals surface area (Å²) in [5.41, 5.74) is -0.535. The van der Waals surface area contributed by atoms with Crippen molar-refractivity contribution in [3.8, 4) is 11.5 Å². The van der Waals surface area contributed by atoms with Crippen LogP contribution in [0.3, 0.4) is 0 Å². The second kappa shape index (κ2) is 8.96. The summed E-state index contributed by atoms with van der Waals surface area (Å²) in [6, 6.07) is 18.6. The van der Waals surface area contributed by atoms with Crippen LogP contribution in [0, 0.1) is 0 Å². The van der Waals surface area contributed by atoms with Gasteiger partial charge in [0.25, 0.3) is 0 Å². The van der Waals surface area contributed by atoms with E-state index in [4.69, 9.17) is 21.1 Å². The smallest absolute Gasteiger partial charge is 0.120 e. The van der Waals surface area contributed by atoms with Crippen LogP contribution < -0.4 is 25.4 Å². The molecule has 0 aliphatic rings. The fourth-order valence-corrected chi connectivity index (χ4v) is 5.75. The number of hydrogen-bond donors (Lipinski definition) is 0. The lowest BCUT2D eigenvalue weighted by atomic mass is 10.2. The van der Waals surface area contributed by atoms with Crippen LogP contribution in [0.2, 0.25) is 5.02 Å². The molecule has 0 atom stereocenters. The lowest BCUT2D eigenvalue weighted by molar-refractivity contribution is 0.130. The minimum atomic E-state index is -0.914. The van der Waals surface area contributed by atoms with Crippen LogP contribution in [0.15, 0.2) is 67.0 Å². The van der Waals surface area contributed by atoms with Gasteiger partial charge >= 0.3 is 0 Å². The molecule has 0 aliphatic carbocycles. The van der Waals surface area contributed by atoms with E-state index in [1.807, 2.05) is 30.3 Å². The molecule has 3 rings (SSSR count). The molecule has 0 aliphatic heterocycles. The third-order valence-corrected chi connectivity index (χ3v) is 6.89. The van der Waals surface area contributed by atoms with Crippen LogP contribution in [-0.4, -0.2) is 16.2 Å². The summed E-state index contributed by atoms with van der Waals surface area (Å²) in [4.78, 5) is 4.18. The maximum atomic E-state index is 6.60. The molecule has 0 bridgehead atoms. The van der Waals surface area contributed by atoms with Gasteiger partial charge in [-0.2, -0.15) is 0 Å². The highest BCUT2D eigenvalue weighted by Gasteiger charge is 2.22. The molecule has 1 heterocycles. The number of rotatable bonds is 5. The summed E-state index contributed by atoms with van der Waals surface area (Å²) in [5.74, 6) is 1.69. The van der Waals surface area contributed by atoms with Gasteiger partial charge in [-0.25, -0.2) is 0 Å². The second-order valence-corrected chi connectivity index (χ2v) is 11.7. The Hall–Kier alpha value is -2.09. The summed E-state index contributed by atoms with van der Waals surface area (Å²) in [5, 5.41) is 4.04. The zero-order valence-electron chi connectivity index (χ0n) is 18.4. The van der Waals surface area contributed by atoms with Gasteiger partial charge in [0.15, 0.2) is 0 Å². The molecule has 30 heavy (non-hydrogen) atoms. The van der Waals surface area contributed by atoms with E-state index in [0.29, 0.717) is 5.02 Å². The summed E-state index contributed by atoms with van der Waals surface area (Å²) < 4.78 is 12.2. The quantitative estimate of drug-likeness (QED) is 0.465. The fourth-order valence-electron chi connectivity index (χ4n) is 3.06. The average molecular weight is 442 g/mol. The Balaban J connectivity index is 2.11. The molecule has 0 N–H and O–H groups in total. The molecule has 0 saturated carbocycles. The molecule has 0 unspecified atom stereocenters. The first kappa shape index (κ1) is 22.6. The van der Waals surface area contributed by atoms with Gasteiger partial charge in [0.1, 0.15) is 22.7 Å². The van der Waals surface area contributed by atoms with Crippen molar-refractivity contribution in [1.29, 1.82) is 0 Å². The van der Waals surface area contributed by atoms with E-state index in [0.717, 1.165) is 27.4 Å². The Bertz CT molecular complexity index is 949. The monoisotopic (exact) mass is 441 g/mol. The number of benzene rings is 2. The molecule has 0 amide bonds. The molecule has 0 radical (unpaired) electrons. The van der Waals surface area contributed by atoms with Crippen molar-refractivity contribution in [1.82, 2.24) is 4.98 Å². The summed E-state index contributed by atoms with van der Waals surface area (Å²) in [6.07, 6.45) is 3.50. The van der Waals surface area contributed by atoms with E-state index in [2.05, 4.69) is 70.8 Å². The van der Waals surface area contributed by atoms with Crippen LogP contribution in [-0.2, 0) is 0 Å². The van der Waals surface area contributed by atoms with E-state index < -0.39 is 7.92 Å². The molecule has 0 fully saturated rings. The molecule has 3 aromatic rings. The van der Waals surface area contributed by atoms with Crippen molar-refractivity contribution in [2.45, 2.75) is 52.7 Å². The number of hydrogen-bond acceptors (Lipinski definition) is 3. The first-order chi connectivity index (χ1) is 14.0. The normalized spacial score (nSPS) is 12.1. The SMILES string of the molecule is CC(C)(C)Oc1cccc(P(c2cccc(OC(C)(C)C)c2)c2ccncc2Cl)c1. The minimum absolute atomic E-state index is 0.268. The Kier molecular flexibility index (Phi) is 6.75. The Morgan fingerprint density at radius 2 is 1.27 bits per heavy atom. The van der Waals surface area contributed by atoms with E-state index >= 15 is 0 Å². The zero-order valence-corrected chi connectivity index (χ0v) is 20.1. The summed E-state index contributed by atoms with van der Waals surface area (Å²) in [7, 11) is -0.914. The highest BCUT2D eigenvalue weighted by molar-refractivity contribution is 7.80. The molecule has 0 saturated heterocycles. The number of pyridine rings is 1. The van der Waals surface area contributed by atoms with E-state index in [-0.39, 0.29) is 11.2 Å². The topological polar surface area (TPSA) is 31.4 Å². The van der Waals surface area contributed by atoms with Crippen LogP contribution in [0.25, 0.3) is 0 Å². The predicted octanol–water partition coefficient (Wildman–Crippen LogP) is 5.85. The van der Waals surface area contributed by atoms with Crippen molar-refractivity contribution in [3.63, 3.8) is 0 Å². The van der Waals surface area contributed by atoms with Gasteiger partial charge in [0.05, 0.1) is 5.02 Å². The van der Waals surface area contributed by atoms with E-state index in [1.165, 1.54) is 0 Å². The van der Waals surface area contributed by atoms with Crippen molar-refractivity contribution >= 4 is 35.4 Å². The largest absolute Gasteiger partial charge is 0.488 e. The lowest BCUT2D eigenvalue weighted by Crippen LogP contribution is -2.26. The van der Waals surface area contributed by atoms with Crippen molar-refractivity contribution in [2.75, 3.05) is 0 Å². The Morgan fingerprint density at radius 3 is 1.70 bits per heavy atom. The van der Waals surface area contributed by atoms with Gasteiger partial charge in [0, 0.05) is 17.7 Å². The van der Waals surface area contributed by atoms with Crippen molar-refractivity contribution in [3.05, 3.63) is 72.0 Å². The maximum absolute atomic E-state index is 6.60. The van der Waals surface area contributed by atoms with Crippen LogP contribution in [0.1, 0.15) is 41.5 Å². The van der Waals surface area contributed by atoms with Crippen molar-refractivity contribution in [2.24, 2.45) is 0 Å². The van der Waals surface area contributed by atoms with Gasteiger partial charge in [-0.05, 0) is 90.4 Å². The third kappa shape index (κ3) is 6.20. The fraction of sp³-hybridized carbons (Fsp3) is 0.320. The maximum Gasteiger partial charge on any atom is 0.120 e. The molecule has 1 aromatic heterocycles. The second-order valence-electron chi connectivity index (χ2n) is 9.09. The molecule has 2 aromatic carbocycles. The van der Waals surface area contributed by atoms with Gasteiger partial charge in [-0.3, -0.25) is 4.98 Å². The van der Waals surface area contributed by atoms with Gasteiger partial charge < -0.3 is 9.47 Å². The molecule has 0 spiro atoms.